The van der Waals surface area contributed by atoms with E-state index >= 15 is 0 Å². The molecule has 1 amide bonds. The topological polar surface area (TPSA) is 71.5 Å². The van der Waals surface area contributed by atoms with Crippen LogP contribution in [0.4, 0.5) is 5.13 Å². The maximum atomic E-state index is 12.3. The minimum atomic E-state index is -0.185. The van der Waals surface area contributed by atoms with E-state index in [2.05, 4.69) is 15.2 Å². The summed E-state index contributed by atoms with van der Waals surface area (Å²) < 4.78 is 5.22. The molecule has 2 aliphatic heterocycles. The highest BCUT2D eigenvalue weighted by atomic mass is 32.1. The first-order chi connectivity index (χ1) is 10.1. The third kappa shape index (κ3) is 3.24. The Morgan fingerprint density at radius 1 is 1.57 bits per heavy atom. The highest BCUT2D eigenvalue weighted by Crippen LogP contribution is 2.26. The number of carbonyl (C=O) groups excluding carboxylic acids is 2. The molecular formula is C14H19N3O3S. The molecule has 1 aromatic rings. The summed E-state index contributed by atoms with van der Waals surface area (Å²) in [4.78, 5) is 30.3. The van der Waals surface area contributed by atoms with Crippen LogP contribution in [0.3, 0.4) is 0 Å². The molecule has 7 heteroatoms. The maximum absolute atomic E-state index is 12.3. The predicted molar refractivity (Wildman–Crippen MR) is 79.0 cm³/mol. The summed E-state index contributed by atoms with van der Waals surface area (Å²) in [5.41, 5.74) is 0. The van der Waals surface area contributed by atoms with Crippen molar-refractivity contribution in [1.29, 1.82) is 0 Å². The van der Waals surface area contributed by atoms with Crippen LogP contribution in [0.5, 0.6) is 0 Å². The van der Waals surface area contributed by atoms with Crippen molar-refractivity contribution in [2.75, 3.05) is 18.4 Å². The Morgan fingerprint density at radius 2 is 2.43 bits per heavy atom. The lowest BCUT2D eigenvalue weighted by Gasteiger charge is -2.34. The zero-order chi connectivity index (χ0) is 14.8. The molecule has 1 aromatic heterocycles. The predicted octanol–water partition coefficient (Wildman–Crippen LogP) is 1.50. The van der Waals surface area contributed by atoms with Crippen molar-refractivity contribution in [1.82, 2.24) is 9.88 Å². The summed E-state index contributed by atoms with van der Waals surface area (Å²) in [5.74, 6) is -0.246. The molecule has 3 heterocycles. The summed E-state index contributed by atoms with van der Waals surface area (Å²) in [7, 11) is 0. The van der Waals surface area contributed by atoms with Crippen molar-refractivity contribution in [2.24, 2.45) is 5.92 Å². The second kappa shape index (κ2) is 6.11. The molecule has 0 unspecified atom stereocenters. The van der Waals surface area contributed by atoms with Crippen molar-refractivity contribution in [3.63, 3.8) is 0 Å². The first-order valence-electron chi connectivity index (χ1n) is 7.28. The lowest BCUT2D eigenvalue weighted by Crippen LogP contribution is -2.47. The van der Waals surface area contributed by atoms with E-state index < -0.39 is 0 Å². The van der Waals surface area contributed by atoms with Gasteiger partial charge in [0.2, 0.25) is 5.91 Å². The third-order valence-electron chi connectivity index (χ3n) is 4.07. The van der Waals surface area contributed by atoms with Crippen LogP contribution in [0.1, 0.15) is 26.2 Å². The molecule has 0 spiro atoms. The SMILES string of the molecule is C[C@@H]1C[C@H](N2CCC[C@@H](C(=O)Nc3nccs3)C2)C(=O)O1. The monoisotopic (exact) mass is 309 g/mol. The van der Waals surface area contributed by atoms with E-state index in [1.165, 1.54) is 11.3 Å². The number of thiazole rings is 1. The van der Waals surface area contributed by atoms with Crippen molar-refractivity contribution in [3.8, 4) is 0 Å². The molecule has 0 aromatic carbocycles. The molecule has 0 radical (unpaired) electrons. The van der Waals surface area contributed by atoms with Gasteiger partial charge in [-0.1, -0.05) is 0 Å². The lowest BCUT2D eigenvalue weighted by molar-refractivity contribution is -0.145. The Kier molecular flexibility index (Phi) is 4.21. The minimum absolute atomic E-state index is 0.00550. The number of cyclic esters (lactones) is 1. The third-order valence-corrected chi connectivity index (χ3v) is 4.76. The second-order valence-corrected chi connectivity index (χ2v) is 6.55. The first kappa shape index (κ1) is 14.5. The molecule has 2 aliphatic rings. The van der Waals surface area contributed by atoms with Gasteiger partial charge in [0.1, 0.15) is 12.1 Å². The van der Waals surface area contributed by atoms with Crippen molar-refractivity contribution in [2.45, 2.75) is 38.3 Å². The Bertz CT molecular complexity index is 520. The maximum Gasteiger partial charge on any atom is 0.323 e. The van der Waals surface area contributed by atoms with E-state index in [-0.39, 0.29) is 29.9 Å². The number of ether oxygens (including phenoxy) is 1. The Hall–Kier alpha value is -1.47. The van der Waals surface area contributed by atoms with Gasteiger partial charge in [-0.05, 0) is 26.3 Å². The van der Waals surface area contributed by atoms with Crippen LogP contribution in [-0.2, 0) is 14.3 Å². The number of piperidine rings is 1. The Balaban J connectivity index is 1.60. The molecule has 0 saturated carbocycles. The first-order valence-corrected chi connectivity index (χ1v) is 8.16. The van der Waals surface area contributed by atoms with E-state index in [4.69, 9.17) is 4.74 Å². The number of carbonyl (C=O) groups is 2. The molecule has 2 fully saturated rings. The molecular weight excluding hydrogens is 290 g/mol. The molecule has 3 rings (SSSR count). The van der Waals surface area contributed by atoms with Gasteiger partial charge >= 0.3 is 5.97 Å². The van der Waals surface area contributed by atoms with Crippen LogP contribution in [0.25, 0.3) is 0 Å². The van der Waals surface area contributed by atoms with Gasteiger partial charge in [0, 0.05) is 24.5 Å². The molecule has 0 bridgehead atoms. The van der Waals surface area contributed by atoms with Gasteiger partial charge in [0.05, 0.1) is 5.92 Å². The normalized spacial score (nSPS) is 30.1. The van der Waals surface area contributed by atoms with Crippen LogP contribution in [0.2, 0.25) is 0 Å². The number of hydrogen-bond acceptors (Lipinski definition) is 6. The van der Waals surface area contributed by atoms with Gasteiger partial charge in [0.15, 0.2) is 5.13 Å². The van der Waals surface area contributed by atoms with E-state index in [1.807, 2.05) is 12.3 Å². The largest absolute Gasteiger partial charge is 0.461 e. The number of rotatable bonds is 3. The smallest absolute Gasteiger partial charge is 0.323 e. The van der Waals surface area contributed by atoms with Crippen LogP contribution < -0.4 is 5.32 Å². The summed E-state index contributed by atoms with van der Waals surface area (Å²) in [5, 5.41) is 5.31. The molecule has 21 heavy (non-hydrogen) atoms. The fourth-order valence-electron chi connectivity index (χ4n) is 3.03. The van der Waals surface area contributed by atoms with E-state index in [1.54, 1.807) is 6.20 Å². The summed E-state index contributed by atoms with van der Waals surface area (Å²) in [6, 6.07) is -0.185. The molecule has 3 atom stereocenters. The summed E-state index contributed by atoms with van der Waals surface area (Å²) in [6.07, 6.45) is 4.15. The fraction of sp³-hybridized carbons (Fsp3) is 0.643. The molecule has 114 valence electrons. The quantitative estimate of drug-likeness (QED) is 0.857. The van der Waals surface area contributed by atoms with Crippen LogP contribution in [0, 0.1) is 5.92 Å². The average molecular weight is 309 g/mol. The Labute approximate surface area is 127 Å². The van der Waals surface area contributed by atoms with Crippen molar-refractivity contribution >= 4 is 28.3 Å². The van der Waals surface area contributed by atoms with Crippen molar-refractivity contribution in [3.05, 3.63) is 11.6 Å². The van der Waals surface area contributed by atoms with Gasteiger partial charge in [0.25, 0.3) is 0 Å². The fourth-order valence-corrected chi connectivity index (χ4v) is 3.56. The second-order valence-electron chi connectivity index (χ2n) is 5.66. The Morgan fingerprint density at radius 3 is 3.10 bits per heavy atom. The zero-order valence-electron chi connectivity index (χ0n) is 11.9. The molecule has 0 aliphatic carbocycles. The number of nitrogens with one attached hydrogen (secondary N) is 1. The summed E-state index contributed by atoms with van der Waals surface area (Å²) in [6.45, 7) is 3.38. The van der Waals surface area contributed by atoms with E-state index in [0.717, 1.165) is 25.8 Å². The number of hydrogen-bond donors (Lipinski definition) is 1. The highest BCUT2D eigenvalue weighted by Gasteiger charge is 2.39. The number of aromatic nitrogens is 1. The molecule has 1 N–H and O–H groups in total. The van der Waals surface area contributed by atoms with Gasteiger partial charge in [-0.2, -0.15) is 0 Å². The highest BCUT2D eigenvalue weighted by molar-refractivity contribution is 7.13. The van der Waals surface area contributed by atoms with Crippen LogP contribution in [-0.4, -0.2) is 47.0 Å². The lowest BCUT2D eigenvalue weighted by atomic mass is 9.95. The average Bonchev–Trinajstić information content (AvgIpc) is 3.08. The van der Waals surface area contributed by atoms with E-state index in [0.29, 0.717) is 11.7 Å². The molecule has 2 saturated heterocycles. The standard InChI is InChI=1S/C14H19N3O3S/c1-9-7-11(13(19)20-9)17-5-2-3-10(8-17)12(18)16-14-15-4-6-21-14/h4,6,9-11H,2-3,5,7-8H2,1H3,(H,15,16,18)/t9-,10-,11+/m1/s1. The number of anilines is 1. The van der Waals surface area contributed by atoms with Crippen molar-refractivity contribution < 1.29 is 14.3 Å². The van der Waals surface area contributed by atoms with E-state index in [9.17, 15) is 9.59 Å². The van der Waals surface area contributed by atoms with Gasteiger partial charge in [-0.25, -0.2) is 4.98 Å². The van der Waals surface area contributed by atoms with Gasteiger partial charge in [-0.3, -0.25) is 14.5 Å². The number of amides is 1. The minimum Gasteiger partial charge on any atom is -0.461 e. The van der Waals surface area contributed by atoms with Crippen LogP contribution >= 0.6 is 11.3 Å². The number of nitrogens with zero attached hydrogens (tertiary/aromatic N) is 2. The number of likely N-dealkylation sites (tertiary alicyclic amines) is 1. The molecule has 6 nitrogen and oxygen atoms in total. The number of esters is 1. The van der Waals surface area contributed by atoms with Gasteiger partial charge in [-0.15, -0.1) is 11.3 Å². The van der Waals surface area contributed by atoms with Gasteiger partial charge < -0.3 is 10.1 Å². The van der Waals surface area contributed by atoms with Crippen LogP contribution in [0.15, 0.2) is 11.6 Å². The summed E-state index contributed by atoms with van der Waals surface area (Å²) >= 11 is 1.41. The zero-order valence-corrected chi connectivity index (χ0v) is 12.8.